The van der Waals surface area contributed by atoms with E-state index in [1.165, 1.54) is 0 Å². The Balaban J connectivity index is 1.91. The van der Waals surface area contributed by atoms with Crippen LogP contribution < -0.4 is 5.32 Å². The second kappa shape index (κ2) is 5.84. The van der Waals surface area contributed by atoms with Crippen molar-refractivity contribution in [3.8, 4) is 0 Å². The number of anilines is 1. The highest BCUT2D eigenvalue weighted by molar-refractivity contribution is 6.12. The van der Waals surface area contributed by atoms with Crippen LogP contribution in [-0.4, -0.2) is 17.5 Å². The molecule has 1 heterocycles. The molecule has 0 atom stereocenters. The number of benzene rings is 1. The van der Waals surface area contributed by atoms with Crippen LogP contribution in [0, 0.1) is 13.8 Å². The van der Waals surface area contributed by atoms with Gasteiger partial charge < -0.3 is 10.1 Å². The van der Waals surface area contributed by atoms with Gasteiger partial charge >= 0.3 is 5.97 Å². The van der Waals surface area contributed by atoms with Gasteiger partial charge in [-0.05, 0) is 69.7 Å². The lowest BCUT2D eigenvalue weighted by Crippen LogP contribution is -2.39. The van der Waals surface area contributed by atoms with Gasteiger partial charge in [0.15, 0.2) is 0 Å². The van der Waals surface area contributed by atoms with Gasteiger partial charge in [-0.1, -0.05) is 12.5 Å². The normalized spacial score (nSPS) is 19.9. The molecule has 1 fully saturated rings. The van der Waals surface area contributed by atoms with Crippen LogP contribution in [0.25, 0.3) is 0 Å². The quantitative estimate of drug-likeness (QED) is 0.845. The van der Waals surface area contributed by atoms with Gasteiger partial charge in [-0.25, -0.2) is 4.79 Å². The number of carbonyl (C=O) groups excluding carboxylic acids is 2. The second-order valence-electron chi connectivity index (χ2n) is 6.77. The molecule has 3 rings (SSSR count). The molecule has 1 aliphatic heterocycles. The van der Waals surface area contributed by atoms with Gasteiger partial charge in [-0.3, -0.25) is 4.79 Å². The van der Waals surface area contributed by atoms with E-state index in [2.05, 4.69) is 11.4 Å². The van der Waals surface area contributed by atoms with Crippen LogP contribution in [0.2, 0.25) is 0 Å². The number of esters is 1. The molecule has 122 valence electrons. The Morgan fingerprint density at radius 3 is 2.26 bits per heavy atom. The third-order valence-corrected chi connectivity index (χ3v) is 4.79. The highest BCUT2D eigenvalue weighted by atomic mass is 16.6. The molecule has 1 aromatic carbocycles. The fourth-order valence-electron chi connectivity index (χ4n) is 3.84. The van der Waals surface area contributed by atoms with Crippen molar-refractivity contribution in [2.45, 2.75) is 58.5 Å². The van der Waals surface area contributed by atoms with E-state index in [0.29, 0.717) is 11.1 Å². The molecule has 1 aliphatic carbocycles. The monoisotopic (exact) mass is 313 g/mol. The molecule has 0 radical (unpaired) electrons. The maximum absolute atomic E-state index is 12.9. The van der Waals surface area contributed by atoms with Crippen molar-refractivity contribution in [2.24, 2.45) is 0 Å². The summed E-state index contributed by atoms with van der Waals surface area (Å²) in [7, 11) is 0. The fourth-order valence-corrected chi connectivity index (χ4v) is 3.84. The highest BCUT2D eigenvalue weighted by Crippen LogP contribution is 2.44. The number of rotatable bonds is 2. The van der Waals surface area contributed by atoms with Crippen molar-refractivity contribution in [3.63, 3.8) is 0 Å². The van der Waals surface area contributed by atoms with Crippen molar-refractivity contribution < 1.29 is 14.3 Å². The summed E-state index contributed by atoms with van der Waals surface area (Å²) in [6.07, 6.45) is 4.59. The summed E-state index contributed by atoms with van der Waals surface area (Å²) in [4.78, 5) is 24.9. The van der Waals surface area contributed by atoms with E-state index in [0.717, 1.165) is 48.9 Å². The summed E-state index contributed by atoms with van der Waals surface area (Å²) in [5.41, 5.74) is 3.23. The molecule has 23 heavy (non-hydrogen) atoms. The average molecular weight is 313 g/mol. The molecule has 1 saturated carbocycles. The number of hydrogen-bond donors (Lipinski definition) is 1. The molecule has 1 aromatic rings. The molecule has 1 N–H and O–H groups in total. The van der Waals surface area contributed by atoms with Crippen molar-refractivity contribution in [1.82, 2.24) is 0 Å². The molecule has 0 aromatic heterocycles. The lowest BCUT2D eigenvalue weighted by molar-refractivity contribution is -0.149. The summed E-state index contributed by atoms with van der Waals surface area (Å²) < 4.78 is 5.65. The number of nitrogens with one attached hydrogen (secondary N) is 1. The standard InChI is InChI=1S/C19H23NO3/c1-12-9-13(2)11-15(10-12)20-17(21)16-14(3)18(22)23-19(16)7-5-4-6-8-19/h9-11H,4-8H2,1-3H3,(H,20,21). The van der Waals surface area contributed by atoms with E-state index in [4.69, 9.17) is 4.74 Å². The molecular weight excluding hydrogens is 290 g/mol. The first kappa shape index (κ1) is 15.8. The lowest BCUT2D eigenvalue weighted by atomic mass is 9.78. The van der Waals surface area contributed by atoms with Crippen molar-refractivity contribution in [2.75, 3.05) is 5.32 Å². The van der Waals surface area contributed by atoms with Gasteiger partial charge in [0.1, 0.15) is 5.60 Å². The Kier molecular flexibility index (Phi) is 4.00. The SMILES string of the molecule is CC1=C(C(=O)Nc2cc(C)cc(C)c2)C2(CCCCC2)OC1=O. The zero-order valence-corrected chi connectivity index (χ0v) is 14.0. The molecule has 0 bridgehead atoms. The number of ether oxygens (including phenoxy) is 1. The topological polar surface area (TPSA) is 55.4 Å². The minimum Gasteiger partial charge on any atom is -0.451 e. The third kappa shape index (κ3) is 2.90. The maximum atomic E-state index is 12.9. The molecule has 4 nitrogen and oxygen atoms in total. The fraction of sp³-hybridized carbons (Fsp3) is 0.474. The zero-order valence-electron chi connectivity index (χ0n) is 14.0. The molecule has 2 aliphatic rings. The Labute approximate surface area is 136 Å². The average Bonchev–Trinajstić information content (AvgIpc) is 2.69. The smallest absolute Gasteiger partial charge is 0.335 e. The minimum absolute atomic E-state index is 0.208. The number of carbonyl (C=O) groups is 2. The van der Waals surface area contributed by atoms with E-state index in [1.54, 1.807) is 6.92 Å². The molecule has 0 saturated heterocycles. The predicted molar refractivity (Wildman–Crippen MR) is 89.2 cm³/mol. The van der Waals surface area contributed by atoms with Gasteiger partial charge in [0.05, 0.1) is 5.57 Å². The molecule has 0 unspecified atom stereocenters. The summed E-state index contributed by atoms with van der Waals surface area (Å²) in [6, 6.07) is 5.93. The maximum Gasteiger partial charge on any atom is 0.335 e. The van der Waals surface area contributed by atoms with E-state index in [-0.39, 0.29) is 11.9 Å². The number of hydrogen-bond acceptors (Lipinski definition) is 3. The largest absolute Gasteiger partial charge is 0.451 e. The minimum atomic E-state index is -0.706. The van der Waals surface area contributed by atoms with Crippen molar-refractivity contribution >= 4 is 17.6 Å². The number of amides is 1. The van der Waals surface area contributed by atoms with E-state index in [9.17, 15) is 9.59 Å². The van der Waals surface area contributed by atoms with Crippen molar-refractivity contribution in [3.05, 3.63) is 40.5 Å². The molecule has 1 spiro atoms. The van der Waals surface area contributed by atoms with Crippen LogP contribution in [-0.2, 0) is 14.3 Å². The van der Waals surface area contributed by atoms with Gasteiger partial charge in [-0.2, -0.15) is 0 Å². The van der Waals surface area contributed by atoms with E-state index in [1.807, 2.05) is 26.0 Å². The predicted octanol–water partition coefficient (Wildman–Crippen LogP) is 3.82. The second-order valence-corrected chi connectivity index (χ2v) is 6.77. The van der Waals surface area contributed by atoms with Crippen LogP contribution in [0.15, 0.2) is 29.3 Å². The van der Waals surface area contributed by atoms with Gasteiger partial charge in [-0.15, -0.1) is 0 Å². The molecule has 4 heteroatoms. The lowest BCUT2D eigenvalue weighted by Gasteiger charge is -2.34. The van der Waals surface area contributed by atoms with Gasteiger partial charge in [0, 0.05) is 11.3 Å². The summed E-state index contributed by atoms with van der Waals surface area (Å²) in [6.45, 7) is 5.69. The number of aryl methyl sites for hydroxylation is 2. The first-order valence-corrected chi connectivity index (χ1v) is 8.26. The summed E-state index contributed by atoms with van der Waals surface area (Å²) in [5.74, 6) is -0.558. The summed E-state index contributed by atoms with van der Waals surface area (Å²) >= 11 is 0. The van der Waals surface area contributed by atoms with Crippen LogP contribution in [0.3, 0.4) is 0 Å². The van der Waals surface area contributed by atoms with Gasteiger partial charge in [0.2, 0.25) is 0 Å². The Morgan fingerprint density at radius 2 is 1.65 bits per heavy atom. The van der Waals surface area contributed by atoms with Crippen LogP contribution in [0.1, 0.15) is 50.2 Å². The molecule has 1 amide bonds. The Hall–Kier alpha value is -2.10. The van der Waals surface area contributed by atoms with Crippen LogP contribution in [0.5, 0.6) is 0 Å². The first-order chi connectivity index (χ1) is 10.9. The van der Waals surface area contributed by atoms with E-state index >= 15 is 0 Å². The van der Waals surface area contributed by atoms with E-state index < -0.39 is 5.60 Å². The highest BCUT2D eigenvalue weighted by Gasteiger charge is 2.49. The third-order valence-electron chi connectivity index (χ3n) is 4.79. The van der Waals surface area contributed by atoms with Crippen LogP contribution >= 0.6 is 0 Å². The molecular formula is C19H23NO3. The Bertz CT molecular complexity index is 676. The first-order valence-electron chi connectivity index (χ1n) is 8.26. The zero-order chi connectivity index (χ0) is 16.6. The van der Waals surface area contributed by atoms with Crippen molar-refractivity contribution in [1.29, 1.82) is 0 Å². The summed E-state index contributed by atoms with van der Waals surface area (Å²) in [5, 5.41) is 2.96. The van der Waals surface area contributed by atoms with Crippen LogP contribution in [0.4, 0.5) is 5.69 Å². The van der Waals surface area contributed by atoms with Gasteiger partial charge in [0.25, 0.3) is 5.91 Å². The Morgan fingerprint density at radius 1 is 1.04 bits per heavy atom.